The van der Waals surface area contributed by atoms with Gasteiger partial charge in [0.15, 0.2) is 0 Å². The second-order valence-electron chi connectivity index (χ2n) is 7.02. The van der Waals surface area contributed by atoms with Crippen LogP contribution in [0.15, 0.2) is 77.8 Å². The molecule has 0 aromatic heterocycles. The SMILES string of the molecule is COc1ccccc1C1=NC(c2ccc(-c3ccc(OC(F)(F)F)cc3)cc2)CC1. The first-order valence-corrected chi connectivity index (χ1v) is 9.59. The second kappa shape index (κ2) is 8.22. The number of hydrogen-bond donors (Lipinski definition) is 0. The van der Waals surface area contributed by atoms with Gasteiger partial charge in [-0.25, -0.2) is 0 Å². The fourth-order valence-corrected chi connectivity index (χ4v) is 3.67. The first-order valence-electron chi connectivity index (χ1n) is 9.59. The fraction of sp³-hybridized carbons (Fsp3) is 0.208. The second-order valence-corrected chi connectivity index (χ2v) is 7.02. The number of benzene rings is 3. The Balaban J connectivity index is 1.49. The van der Waals surface area contributed by atoms with Crippen LogP contribution in [0.4, 0.5) is 13.2 Å². The van der Waals surface area contributed by atoms with Crippen LogP contribution in [0.25, 0.3) is 11.1 Å². The number of alkyl halides is 3. The third-order valence-corrected chi connectivity index (χ3v) is 5.10. The Morgan fingerprint density at radius 3 is 2.13 bits per heavy atom. The molecule has 1 heterocycles. The average molecular weight is 411 g/mol. The van der Waals surface area contributed by atoms with Gasteiger partial charge in [0.05, 0.1) is 13.2 Å². The third-order valence-electron chi connectivity index (χ3n) is 5.10. The van der Waals surface area contributed by atoms with Gasteiger partial charge in [-0.3, -0.25) is 4.99 Å². The van der Waals surface area contributed by atoms with Gasteiger partial charge in [0, 0.05) is 11.3 Å². The largest absolute Gasteiger partial charge is 0.573 e. The molecule has 0 radical (unpaired) electrons. The minimum absolute atomic E-state index is 0.0847. The van der Waals surface area contributed by atoms with Crippen molar-refractivity contribution in [3.05, 3.63) is 83.9 Å². The van der Waals surface area contributed by atoms with E-state index in [1.54, 1.807) is 19.2 Å². The molecule has 3 aromatic rings. The molecule has 4 rings (SSSR count). The van der Waals surface area contributed by atoms with Crippen LogP contribution in [0.1, 0.15) is 30.0 Å². The Labute approximate surface area is 172 Å². The van der Waals surface area contributed by atoms with Crippen LogP contribution in [0.5, 0.6) is 11.5 Å². The number of ether oxygens (including phenoxy) is 2. The molecule has 3 nitrogen and oxygen atoms in total. The summed E-state index contributed by atoms with van der Waals surface area (Å²) in [6.45, 7) is 0. The van der Waals surface area contributed by atoms with E-state index in [-0.39, 0.29) is 11.8 Å². The molecule has 3 aromatic carbocycles. The molecule has 0 N–H and O–H groups in total. The zero-order valence-electron chi connectivity index (χ0n) is 16.3. The van der Waals surface area contributed by atoms with Gasteiger partial charge in [0.1, 0.15) is 11.5 Å². The molecule has 0 fully saturated rings. The molecule has 0 spiro atoms. The van der Waals surface area contributed by atoms with Crippen molar-refractivity contribution in [3.63, 3.8) is 0 Å². The Kier molecular flexibility index (Phi) is 5.48. The molecule has 1 aliphatic heterocycles. The van der Waals surface area contributed by atoms with E-state index in [1.807, 2.05) is 48.5 Å². The quantitative estimate of drug-likeness (QED) is 0.474. The first kappa shape index (κ1) is 20.0. The van der Waals surface area contributed by atoms with Crippen molar-refractivity contribution in [2.45, 2.75) is 25.2 Å². The van der Waals surface area contributed by atoms with Crippen molar-refractivity contribution in [2.24, 2.45) is 4.99 Å². The standard InChI is InChI=1S/C24H20F3NO2/c1-29-23-5-3-2-4-20(23)22-15-14-21(28-22)18-8-6-16(7-9-18)17-10-12-19(13-11-17)30-24(25,26)27/h2-13,21H,14-15H2,1H3. The van der Waals surface area contributed by atoms with E-state index in [0.29, 0.717) is 0 Å². The molecule has 0 aliphatic carbocycles. The highest BCUT2D eigenvalue weighted by Gasteiger charge is 2.31. The first-order chi connectivity index (χ1) is 14.4. The summed E-state index contributed by atoms with van der Waals surface area (Å²) in [6.07, 6.45) is -2.88. The van der Waals surface area contributed by atoms with Gasteiger partial charge in [-0.1, -0.05) is 48.5 Å². The van der Waals surface area contributed by atoms with E-state index in [4.69, 9.17) is 9.73 Å². The highest BCUT2D eigenvalue weighted by atomic mass is 19.4. The molecular formula is C24H20F3NO2. The molecule has 1 atom stereocenters. The lowest BCUT2D eigenvalue weighted by molar-refractivity contribution is -0.274. The number of nitrogens with zero attached hydrogens (tertiary/aromatic N) is 1. The zero-order valence-corrected chi connectivity index (χ0v) is 16.3. The summed E-state index contributed by atoms with van der Waals surface area (Å²) in [6, 6.07) is 21.8. The summed E-state index contributed by atoms with van der Waals surface area (Å²) >= 11 is 0. The lowest BCUT2D eigenvalue weighted by atomic mass is 9.99. The van der Waals surface area contributed by atoms with E-state index in [1.165, 1.54) is 12.1 Å². The zero-order chi connectivity index (χ0) is 21.1. The number of methoxy groups -OCH3 is 1. The molecule has 0 saturated heterocycles. The average Bonchev–Trinajstić information content (AvgIpc) is 3.23. The van der Waals surface area contributed by atoms with Crippen molar-refractivity contribution in [1.29, 1.82) is 0 Å². The summed E-state index contributed by atoms with van der Waals surface area (Å²) in [5.41, 5.74) is 4.92. The minimum Gasteiger partial charge on any atom is -0.496 e. The Hall–Kier alpha value is -3.28. The third kappa shape index (κ3) is 4.48. The molecule has 0 saturated carbocycles. The smallest absolute Gasteiger partial charge is 0.496 e. The molecule has 30 heavy (non-hydrogen) atoms. The summed E-state index contributed by atoms with van der Waals surface area (Å²) in [5.74, 6) is 0.595. The van der Waals surface area contributed by atoms with E-state index < -0.39 is 6.36 Å². The summed E-state index contributed by atoms with van der Waals surface area (Å²) in [4.78, 5) is 4.90. The minimum atomic E-state index is -4.69. The fourth-order valence-electron chi connectivity index (χ4n) is 3.67. The summed E-state index contributed by atoms with van der Waals surface area (Å²) < 4.78 is 46.3. The van der Waals surface area contributed by atoms with E-state index in [0.717, 1.165) is 46.6 Å². The molecular weight excluding hydrogens is 391 g/mol. The van der Waals surface area contributed by atoms with Gasteiger partial charge in [-0.15, -0.1) is 13.2 Å². The maximum Gasteiger partial charge on any atom is 0.573 e. The van der Waals surface area contributed by atoms with Crippen molar-refractivity contribution >= 4 is 5.71 Å². The summed E-state index contributed by atoms with van der Waals surface area (Å²) in [7, 11) is 1.66. The van der Waals surface area contributed by atoms with Crippen LogP contribution >= 0.6 is 0 Å². The Morgan fingerprint density at radius 2 is 1.50 bits per heavy atom. The maximum atomic E-state index is 12.3. The van der Waals surface area contributed by atoms with Gasteiger partial charge in [-0.2, -0.15) is 0 Å². The van der Waals surface area contributed by atoms with Crippen molar-refractivity contribution in [2.75, 3.05) is 7.11 Å². The number of para-hydroxylation sites is 1. The molecule has 1 aliphatic rings. The molecule has 0 bridgehead atoms. The molecule has 1 unspecified atom stereocenters. The van der Waals surface area contributed by atoms with Crippen LogP contribution in [0.3, 0.4) is 0 Å². The lowest BCUT2D eigenvalue weighted by Gasteiger charge is -2.11. The number of aliphatic imine (C=N–C) groups is 1. The van der Waals surface area contributed by atoms with Crippen molar-refractivity contribution in [3.8, 4) is 22.6 Å². The van der Waals surface area contributed by atoms with Crippen LogP contribution in [0, 0.1) is 0 Å². The van der Waals surface area contributed by atoms with Gasteiger partial charge >= 0.3 is 6.36 Å². The Morgan fingerprint density at radius 1 is 0.867 bits per heavy atom. The molecule has 6 heteroatoms. The molecule has 154 valence electrons. The highest BCUT2D eigenvalue weighted by molar-refractivity contribution is 6.04. The highest BCUT2D eigenvalue weighted by Crippen LogP contribution is 2.34. The predicted molar refractivity (Wildman–Crippen MR) is 110 cm³/mol. The normalized spacial score (nSPS) is 16.3. The van der Waals surface area contributed by atoms with Crippen LogP contribution in [0.2, 0.25) is 0 Å². The van der Waals surface area contributed by atoms with Gasteiger partial charge in [0.25, 0.3) is 0 Å². The lowest BCUT2D eigenvalue weighted by Crippen LogP contribution is -2.16. The van der Waals surface area contributed by atoms with Crippen LogP contribution in [-0.2, 0) is 0 Å². The summed E-state index contributed by atoms with van der Waals surface area (Å²) in [5, 5.41) is 0. The van der Waals surface area contributed by atoms with Crippen molar-refractivity contribution in [1.82, 2.24) is 0 Å². The maximum absolute atomic E-state index is 12.3. The predicted octanol–water partition coefficient (Wildman–Crippen LogP) is 6.59. The number of hydrogen-bond acceptors (Lipinski definition) is 3. The number of halogens is 3. The van der Waals surface area contributed by atoms with E-state index in [2.05, 4.69) is 4.74 Å². The van der Waals surface area contributed by atoms with E-state index >= 15 is 0 Å². The van der Waals surface area contributed by atoms with Crippen LogP contribution < -0.4 is 9.47 Å². The van der Waals surface area contributed by atoms with Gasteiger partial charge in [0.2, 0.25) is 0 Å². The van der Waals surface area contributed by atoms with Crippen LogP contribution in [-0.4, -0.2) is 19.2 Å². The Bertz CT molecular complexity index is 1040. The molecule has 0 amide bonds. The van der Waals surface area contributed by atoms with Crippen molar-refractivity contribution < 1.29 is 22.6 Å². The van der Waals surface area contributed by atoms with E-state index in [9.17, 15) is 13.2 Å². The van der Waals surface area contributed by atoms with Gasteiger partial charge < -0.3 is 9.47 Å². The number of rotatable bonds is 5. The van der Waals surface area contributed by atoms with Gasteiger partial charge in [-0.05, 0) is 53.8 Å². The monoisotopic (exact) mass is 411 g/mol. The topological polar surface area (TPSA) is 30.8 Å².